The summed E-state index contributed by atoms with van der Waals surface area (Å²) in [6.07, 6.45) is 6.33. The molecule has 0 N–H and O–H groups in total. The van der Waals surface area contributed by atoms with Crippen LogP contribution in [0.3, 0.4) is 0 Å². The van der Waals surface area contributed by atoms with E-state index in [1.54, 1.807) is 12.4 Å². The Morgan fingerprint density at radius 1 is 1.45 bits per heavy atom. The highest BCUT2D eigenvalue weighted by Crippen LogP contribution is 2.17. The smallest absolute Gasteiger partial charge is 0.144 e. The SMILES string of the molecule is CCCn1cc2cc(/C=N/[S@+]([O-])C(C)(C)C)ncc2n1. The maximum atomic E-state index is 11.9. The maximum absolute atomic E-state index is 11.9. The quantitative estimate of drug-likeness (QED) is 0.643. The zero-order chi connectivity index (χ0) is 14.8. The summed E-state index contributed by atoms with van der Waals surface area (Å²) in [6.45, 7) is 8.69. The standard InChI is InChI=1S/C14H20N4OS/c1-5-6-18-10-11-7-12(15-9-13(11)17-18)8-16-20(19)14(2,3)4/h7-10H,5-6H2,1-4H3/b16-8+/t20-/m1/s1. The van der Waals surface area contributed by atoms with Gasteiger partial charge in [0.2, 0.25) is 0 Å². The summed E-state index contributed by atoms with van der Waals surface area (Å²) in [6, 6.07) is 1.91. The largest absolute Gasteiger partial charge is 0.591 e. The van der Waals surface area contributed by atoms with Crippen LogP contribution in [0.2, 0.25) is 0 Å². The molecule has 20 heavy (non-hydrogen) atoms. The van der Waals surface area contributed by atoms with Gasteiger partial charge in [-0.2, -0.15) is 5.10 Å². The van der Waals surface area contributed by atoms with Crippen LogP contribution in [0.15, 0.2) is 22.9 Å². The number of hydrogen-bond donors (Lipinski definition) is 0. The molecule has 2 rings (SSSR count). The Balaban J connectivity index is 2.21. The van der Waals surface area contributed by atoms with Gasteiger partial charge >= 0.3 is 0 Å². The van der Waals surface area contributed by atoms with Crippen LogP contribution in [0, 0.1) is 0 Å². The Labute approximate surface area is 122 Å². The molecule has 0 saturated heterocycles. The third kappa shape index (κ3) is 3.58. The Kier molecular flexibility index (Phi) is 4.45. The lowest BCUT2D eigenvalue weighted by Gasteiger charge is -2.17. The second kappa shape index (κ2) is 5.93. The summed E-state index contributed by atoms with van der Waals surface area (Å²) >= 11 is -1.26. The van der Waals surface area contributed by atoms with Gasteiger partial charge in [0.05, 0.1) is 11.9 Å². The number of aromatic nitrogens is 3. The lowest BCUT2D eigenvalue weighted by Crippen LogP contribution is -2.25. The molecule has 0 radical (unpaired) electrons. The summed E-state index contributed by atoms with van der Waals surface area (Å²) in [5, 5.41) is 5.45. The minimum Gasteiger partial charge on any atom is -0.591 e. The van der Waals surface area contributed by atoms with Gasteiger partial charge in [-0.25, -0.2) is 0 Å². The third-order valence-electron chi connectivity index (χ3n) is 2.72. The van der Waals surface area contributed by atoms with E-state index in [9.17, 15) is 4.55 Å². The fourth-order valence-corrected chi connectivity index (χ4v) is 2.19. The van der Waals surface area contributed by atoms with Crippen molar-refractivity contribution in [3.8, 4) is 0 Å². The Hall–Kier alpha value is -1.40. The van der Waals surface area contributed by atoms with Crippen molar-refractivity contribution in [1.29, 1.82) is 0 Å². The highest BCUT2D eigenvalue weighted by atomic mass is 32.2. The second-order valence-electron chi connectivity index (χ2n) is 5.66. The molecule has 0 amide bonds. The molecule has 0 unspecified atom stereocenters. The van der Waals surface area contributed by atoms with Crippen molar-refractivity contribution in [3.05, 3.63) is 24.2 Å². The summed E-state index contributed by atoms with van der Waals surface area (Å²) in [5.41, 5.74) is 1.57. The van der Waals surface area contributed by atoms with Crippen LogP contribution >= 0.6 is 0 Å². The molecule has 0 aliphatic carbocycles. The van der Waals surface area contributed by atoms with Crippen molar-refractivity contribution in [2.24, 2.45) is 4.40 Å². The Morgan fingerprint density at radius 3 is 2.85 bits per heavy atom. The maximum Gasteiger partial charge on any atom is 0.144 e. The summed E-state index contributed by atoms with van der Waals surface area (Å²) in [5.74, 6) is 0. The molecule has 2 heterocycles. The van der Waals surface area contributed by atoms with Crippen molar-refractivity contribution in [2.75, 3.05) is 0 Å². The monoisotopic (exact) mass is 292 g/mol. The zero-order valence-electron chi connectivity index (χ0n) is 12.3. The first-order chi connectivity index (χ1) is 9.40. The number of aryl methyl sites for hydroxylation is 1. The van der Waals surface area contributed by atoms with E-state index in [1.165, 1.54) is 0 Å². The highest BCUT2D eigenvalue weighted by molar-refractivity contribution is 7.91. The average molecular weight is 292 g/mol. The van der Waals surface area contributed by atoms with Crippen molar-refractivity contribution in [3.63, 3.8) is 0 Å². The molecule has 0 aliphatic rings. The molecule has 108 valence electrons. The van der Waals surface area contributed by atoms with Gasteiger partial charge in [0.1, 0.15) is 27.8 Å². The molecule has 2 aromatic heterocycles. The van der Waals surface area contributed by atoms with E-state index >= 15 is 0 Å². The lowest BCUT2D eigenvalue weighted by molar-refractivity contribution is 0.562. The molecule has 6 heteroatoms. The predicted octanol–water partition coefficient (Wildman–Crippen LogP) is 2.72. The van der Waals surface area contributed by atoms with Crippen molar-refractivity contribution < 1.29 is 4.55 Å². The van der Waals surface area contributed by atoms with Gasteiger partial charge in [-0.15, -0.1) is 0 Å². The summed E-state index contributed by atoms with van der Waals surface area (Å²) in [7, 11) is 0. The van der Waals surface area contributed by atoms with E-state index < -0.39 is 11.4 Å². The van der Waals surface area contributed by atoms with Crippen molar-refractivity contribution >= 4 is 28.5 Å². The van der Waals surface area contributed by atoms with Crippen LogP contribution in [0.25, 0.3) is 10.9 Å². The first-order valence-electron chi connectivity index (χ1n) is 6.69. The van der Waals surface area contributed by atoms with E-state index in [1.807, 2.05) is 37.7 Å². The molecule has 0 fully saturated rings. The van der Waals surface area contributed by atoms with Gasteiger partial charge in [0.15, 0.2) is 0 Å². The van der Waals surface area contributed by atoms with Crippen molar-refractivity contribution in [1.82, 2.24) is 14.8 Å². The fraction of sp³-hybridized carbons (Fsp3) is 0.500. The molecule has 0 aliphatic heterocycles. The third-order valence-corrected chi connectivity index (χ3v) is 4.06. The van der Waals surface area contributed by atoms with Crippen LogP contribution < -0.4 is 0 Å². The summed E-state index contributed by atoms with van der Waals surface area (Å²) in [4.78, 5) is 4.27. The fourth-order valence-electron chi connectivity index (χ4n) is 1.67. The van der Waals surface area contributed by atoms with Crippen LogP contribution in [0.4, 0.5) is 0 Å². The molecule has 5 nitrogen and oxygen atoms in total. The van der Waals surface area contributed by atoms with E-state index in [-0.39, 0.29) is 4.75 Å². The molecular weight excluding hydrogens is 272 g/mol. The number of hydrogen-bond acceptors (Lipinski definition) is 4. The molecular formula is C14H20N4OS. The van der Waals surface area contributed by atoms with E-state index in [2.05, 4.69) is 21.4 Å². The number of pyridine rings is 1. The predicted molar refractivity (Wildman–Crippen MR) is 83.3 cm³/mol. The average Bonchev–Trinajstić information content (AvgIpc) is 2.76. The first-order valence-corrected chi connectivity index (χ1v) is 7.80. The Bertz CT molecular complexity index is 615. The molecule has 1 atom stereocenters. The normalized spacial score (nSPS) is 14.2. The zero-order valence-corrected chi connectivity index (χ0v) is 13.1. The van der Waals surface area contributed by atoms with Gasteiger partial charge in [-0.3, -0.25) is 9.67 Å². The van der Waals surface area contributed by atoms with Crippen LogP contribution in [0.1, 0.15) is 39.8 Å². The van der Waals surface area contributed by atoms with E-state index in [0.29, 0.717) is 5.69 Å². The molecule has 0 spiro atoms. The van der Waals surface area contributed by atoms with Gasteiger partial charge in [0.25, 0.3) is 0 Å². The number of fused-ring (bicyclic) bond motifs is 1. The summed E-state index contributed by atoms with van der Waals surface area (Å²) < 4.78 is 17.5. The van der Waals surface area contributed by atoms with E-state index in [4.69, 9.17) is 0 Å². The van der Waals surface area contributed by atoms with Crippen LogP contribution in [-0.2, 0) is 17.9 Å². The van der Waals surface area contributed by atoms with Gasteiger partial charge < -0.3 is 4.55 Å². The van der Waals surface area contributed by atoms with Gasteiger partial charge in [-0.05, 0) is 33.3 Å². The molecule has 0 saturated carbocycles. The minimum atomic E-state index is -1.26. The van der Waals surface area contributed by atoms with Crippen LogP contribution in [-0.4, -0.2) is 30.3 Å². The number of rotatable bonds is 4. The molecule has 0 aromatic carbocycles. The van der Waals surface area contributed by atoms with E-state index in [0.717, 1.165) is 23.9 Å². The first kappa shape index (κ1) is 15.0. The Morgan fingerprint density at radius 2 is 2.20 bits per heavy atom. The van der Waals surface area contributed by atoms with Gasteiger partial charge in [-0.1, -0.05) is 11.3 Å². The topological polar surface area (TPSA) is 66.1 Å². The lowest BCUT2D eigenvalue weighted by atomic mass is 10.3. The second-order valence-corrected chi connectivity index (χ2v) is 7.59. The molecule has 2 aromatic rings. The molecule has 0 bridgehead atoms. The van der Waals surface area contributed by atoms with Crippen molar-refractivity contribution in [2.45, 2.75) is 45.4 Å². The minimum absolute atomic E-state index is 0.355. The number of nitrogens with zero attached hydrogens (tertiary/aromatic N) is 4. The van der Waals surface area contributed by atoms with Gasteiger partial charge in [0, 0.05) is 18.1 Å². The highest BCUT2D eigenvalue weighted by Gasteiger charge is 2.25. The van der Waals surface area contributed by atoms with Crippen LogP contribution in [0.5, 0.6) is 0 Å².